The molecule has 1 aliphatic rings. The smallest absolute Gasteiger partial charge is 0.181 e. The highest BCUT2D eigenvalue weighted by atomic mass is 32.2. The van der Waals surface area contributed by atoms with E-state index in [1.807, 2.05) is 0 Å². The van der Waals surface area contributed by atoms with Crippen molar-refractivity contribution >= 4 is 15.7 Å². The van der Waals surface area contributed by atoms with Crippen molar-refractivity contribution in [2.75, 3.05) is 0 Å². The number of hydrogen-bond acceptors (Lipinski definition) is 5. The van der Waals surface area contributed by atoms with Gasteiger partial charge in [0.2, 0.25) is 0 Å². The molecule has 20 heavy (non-hydrogen) atoms. The molecule has 0 aliphatic carbocycles. The Labute approximate surface area is 119 Å². The van der Waals surface area contributed by atoms with Crippen molar-refractivity contribution in [1.29, 1.82) is 0 Å². The Bertz CT molecular complexity index is 677. The second-order valence-electron chi connectivity index (χ2n) is 5.24. The summed E-state index contributed by atoms with van der Waals surface area (Å²) in [4.78, 5) is 4.22. The van der Waals surface area contributed by atoms with Gasteiger partial charge in [-0.1, -0.05) is 18.2 Å². The Kier molecular flexibility index (Phi) is 3.71. The fraction of sp³-hybridized carbons (Fsp3) is 0.357. The predicted octanol–water partition coefficient (Wildman–Crippen LogP) is 1.30. The van der Waals surface area contributed by atoms with Gasteiger partial charge in [-0.05, 0) is 31.6 Å². The summed E-state index contributed by atoms with van der Waals surface area (Å²) in [7, 11) is -3.41. The van der Waals surface area contributed by atoms with Crippen LogP contribution < -0.4 is 11.5 Å². The summed E-state index contributed by atoms with van der Waals surface area (Å²) in [5, 5.41) is -0.508. The maximum absolute atomic E-state index is 12.5. The first-order chi connectivity index (χ1) is 9.27. The molecule has 1 atom stereocenters. The van der Waals surface area contributed by atoms with Gasteiger partial charge in [0, 0.05) is 12.6 Å². The van der Waals surface area contributed by atoms with Crippen LogP contribution in [-0.4, -0.2) is 19.5 Å². The summed E-state index contributed by atoms with van der Waals surface area (Å²) < 4.78 is 25.0. The molecule has 0 radical (unpaired) electrons. The van der Waals surface area contributed by atoms with Crippen molar-refractivity contribution in [3.63, 3.8) is 0 Å². The fourth-order valence-electron chi connectivity index (χ4n) is 2.21. The zero-order valence-corrected chi connectivity index (χ0v) is 12.4. The molecule has 0 bridgehead atoms. The van der Waals surface area contributed by atoms with Gasteiger partial charge in [0.1, 0.15) is 5.84 Å². The minimum Gasteiger partial charge on any atom is -0.387 e. The lowest BCUT2D eigenvalue weighted by atomic mass is 9.86. The zero-order chi connectivity index (χ0) is 15.0. The van der Waals surface area contributed by atoms with Crippen molar-refractivity contribution in [2.24, 2.45) is 16.5 Å². The Morgan fingerprint density at radius 2 is 1.95 bits per heavy atom. The number of aliphatic imine (C=N–C) groups is 1. The van der Waals surface area contributed by atoms with E-state index in [1.54, 1.807) is 44.2 Å². The summed E-state index contributed by atoms with van der Waals surface area (Å²) in [6, 6.07) is 6.80. The van der Waals surface area contributed by atoms with Crippen LogP contribution in [0.4, 0.5) is 0 Å². The van der Waals surface area contributed by atoms with Crippen LogP contribution in [0, 0.1) is 0 Å². The molecule has 0 spiro atoms. The molecule has 0 saturated heterocycles. The topological polar surface area (TPSA) is 98.5 Å². The van der Waals surface area contributed by atoms with Gasteiger partial charge >= 0.3 is 0 Å². The number of nitrogens with two attached hydrogens (primary N) is 2. The number of rotatable bonds is 3. The molecule has 1 aromatic rings. The zero-order valence-electron chi connectivity index (χ0n) is 11.6. The number of benzene rings is 1. The molecular formula is C14H19N3O2S. The monoisotopic (exact) mass is 293 g/mol. The number of sulfone groups is 1. The average Bonchev–Trinajstić information content (AvgIpc) is 2.38. The minimum absolute atomic E-state index is 0.261. The van der Waals surface area contributed by atoms with Crippen molar-refractivity contribution < 1.29 is 8.42 Å². The van der Waals surface area contributed by atoms with Crippen LogP contribution in [0.3, 0.4) is 0 Å². The molecule has 1 aromatic carbocycles. The molecule has 108 valence electrons. The highest BCUT2D eigenvalue weighted by Crippen LogP contribution is 2.32. The van der Waals surface area contributed by atoms with E-state index in [2.05, 4.69) is 4.99 Å². The highest BCUT2D eigenvalue weighted by molar-refractivity contribution is 7.92. The van der Waals surface area contributed by atoms with Gasteiger partial charge in [0.05, 0.1) is 15.7 Å². The minimum atomic E-state index is -3.41. The first kappa shape index (κ1) is 14.7. The lowest BCUT2D eigenvalue weighted by molar-refractivity contribution is 0.551. The standard InChI is InChI=1S/C14H19N3O2S/c1-10(2)20(18,19)12-6-4-3-5-11(12)14(16)7-8-17-13(15)9-14/h3-8,10H,9,16H2,1-2H3,(H2,15,17). The molecule has 6 heteroatoms. The van der Waals surface area contributed by atoms with E-state index in [4.69, 9.17) is 11.5 Å². The molecule has 0 aromatic heterocycles. The summed E-state index contributed by atoms with van der Waals surface area (Å²) in [6.07, 6.45) is 3.52. The predicted molar refractivity (Wildman–Crippen MR) is 80.0 cm³/mol. The van der Waals surface area contributed by atoms with Gasteiger partial charge in [-0.2, -0.15) is 0 Å². The van der Waals surface area contributed by atoms with E-state index >= 15 is 0 Å². The largest absolute Gasteiger partial charge is 0.387 e. The van der Waals surface area contributed by atoms with Crippen LogP contribution in [0.5, 0.6) is 0 Å². The van der Waals surface area contributed by atoms with Crippen molar-refractivity contribution in [3.05, 3.63) is 42.1 Å². The maximum Gasteiger partial charge on any atom is 0.181 e. The van der Waals surface area contributed by atoms with Crippen LogP contribution in [0.1, 0.15) is 25.8 Å². The number of nitrogens with zero attached hydrogens (tertiary/aromatic N) is 1. The molecule has 0 amide bonds. The summed E-state index contributed by atoms with van der Waals surface area (Å²) in [5.74, 6) is 0.395. The molecule has 0 fully saturated rings. The summed E-state index contributed by atoms with van der Waals surface area (Å²) >= 11 is 0. The van der Waals surface area contributed by atoms with Crippen LogP contribution in [0.15, 0.2) is 46.4 Å². The van der Waals surface area contributed by atoms with Crippen LogP contribution >= 0.6 is 0 Å². The highest BCUT2D eigenvalue weighted by Gasteiger charge is 2.34. The number of hydrogen-bond donors (Lipinski definition) is 2. The van der Waals surface area contributed by atoms with Crippen molar-refractivity contribution in [1.82, 2.24) is 0 Å². The Morgan fingerprint density at radius 1 is 1.30 bits per heavy atom. The van der Waals surface area contributed by atoms with E-state index in [0.29, 0.717) is 17.8 Å². The van der Waals surface area contributed by atoms with Crippen LogP contribution in [0.2, 0.25) is 0 Å². The van der Waals surface area contributed by atoms with E-state index in [0.717, 1.165) is 0 Å². The third-order valence-electron chi connectivity index (χ3n) is 3.40. The van der Waals surface area contributed by atoms with E-state index in [9.17, 15) is 8.42 Å². The molecule has 1 unspecified atom stereocenters. The summed E-state index contributed by atoms with van der Waals surface area (Å²) in [6.45, 7) is 3.31. The van der Waals surface area contributed by atoms with Gasteiger partial charge in [-0.25, -0.2) is 13.4 Å². The fourth-order valence-corrected chi connectivity index (χ4v) is 3.55. The quantitative estimate of drug-likeness (QED) is 0.877. The second kappa shape index (κ2) is 5.03. The van der Waals surface area contributed by atoms with Crippen molar-refractivity contribution in [2.45, 2.75) is 36.0 Å². The summed E-state index contributed by atoms with van der Waals surface area (Å²) in [5.41, 5.74) is 11.7. The van der Waals surface area contributed by atoms with E-state index in [1.165, 1.54) is 6.20 Å². The van der Waals surface area contributed by atoms with Gasteiger partial charge in [0.15, 0.2) is 9.84 Å². The maximum atomic E-state index is 12.5. The van der Waals surface area contributed by atoms with Gasteiger partial charge in [-0.15, -0.1) is 0 Å². The Morgan fingerprint density at radius 3 is 2.55 bits per heavy atom. The normalized spacial score (nSPS) is 22.9. The molecule has 4 N–H and O–H groups in total. The van der Waals surface area contributed by atoms with E-state index < -0.39 is 20.6 Å². The first-order valence-corrected chi connectivity index (χ1v) is 7.94. The molecule has 1 aliphatic heterocycles. The Balaban J connectivity index is 2.61. The first-order valence-electron chi connectivity index (χ1n) is 6.39. The lowest BCUT2D eigenvalue weighted by Crippen LogP contribution is -2.41. The third kappa shape index (κ3) is 2.48. The lowest BCUT2D eigenvalue weighted by Gasteiger charge is -2.30. The van der Waals surface area contributed by atoms with Crippen molar-refractivity contribution in [3.8, 4) is 0 Å². The van der Waals surface area contributed by atoms with Gasteiger partial charge in [0.25, 0.3) is 0 Å². The Hall–Kier alpha value is -1.66. The van der Waals surface area contributed by atoms with Crippen LogP contribution in [-0.2, 0) is 15.4 Å². The second-order valence-corrected chi connectivity index (χ2v) is 7.72. The average molecular weight is 293 g/mol. The molecule has 0 saturated carbocycles. The number of amidine groups is 1. The molecular weight excluding hydrogens is 274 g/mol. The van der Waals surface area contributed by atoms with E-state index in [-0.39, 0.29) is 4.90 Å². The van der Waals surface area contributed by atoms with Crippen LogP contribution in [0.25, 0.3) is 0 Å². The molecule has 5 nitrogen and oxygen atoms in total. The SMILES string of the molecule is CC(C)S(=O)(=O)c1ccccc1C1(N)C=CN=C(N)C1. The third-order valence-corrected chi connectivity index (χ3v) is 5.61. The molecule has 2 rings (SSSR count). The van der Waals surface area contributed by atoms with Gasteiger partial charge in [-0.3, -0.25) is 0 Å². The molecule has 1 heterocycles. The van der Waals surface area contributed by atoms with Gasteiger partial charge < -0.3 is 11.5 Å².